The van der Waals surface area contributed by atoms with E-state index in [2.05, 4.69) is 39.0 Å². The second-order valence-electron chi connectivity index (χ2n) is 9.66. The first-order chi connectivity index (χ1) is 17.6. The highest BCUT2D eigenvalue weighted by Crippen LogP contribution is 2.32. The second-order valence-corrected chi connectivity index (χ2v) is 10.1. The van der Waals surface area contributed by atoms with Gasteiger partial charge in [0.1, 0.15) is 5.75 Å². The molecule has 0 unspecified atom stereocenters. The number of para-hydroxylation sites is 2. The van der Waals surface area contributed by atoms with Crippen LogP contribution in [0.3, 0.4) is 0 Å². The molecule has 0 aromatic heterocycles. The lowest BCUT2D eigenvalue weighted by Crippen LogP contribution is -2.57. The predicted molar refractivity (Wildman–Crippen MR) is 147 cm³/mol. The Balaban J connectivity index is 1.38. The summed E-state index contributed by atoms with van der Waals surface area (Å²) in [6, 6.07) is 18.9. The van der Waals surface area contributed by atoms with Gasteiger partial charge in [-0.05, 0) is 42.5 Å². The highest BCUT2D eigenvalue weighted by atomic mass is 35.5. The number of piperidine rings is 1. The monoisotopic (exact) mass is 511 g/mol. The smallest absolute Gasteiger partial charge is 0.305 e. The zero-order valence-electron chi connectivity index (χ0n) is 21.4. The van der Waals surface area contributed by atoms with Crippen molar-refractivity contribution in [2.45, 2.75) is 25.3 Å². The molecule has 0 radical (unpaired) electrons. The maximum absolute atomic E-state index is 12.0. The quantitative estimate of drug-likeness (QED) is 0.453. The van der Waals surface area contributed by atoms with Crippen molar-refractivity contribution >= 4 is 29.3 Å². The summed E-state index contributed by atoms with van der Waals surface area (Å²) >= 11 is 6.65. The van der Waals surface area contributed by atoms with Gasteiger partial charge in [-0.3, -0.25) is 14.6 Å². The van der Waals surface area contributed by atoms with Crippen LogP contribution in [0, 0.1) is 5.92 Å². The van der Waals surface area contributed by atoms with Crippen LogP contribution in [0.15, 0.2) is 59.6 Å². The summed E-state index contributed by atoms with van der Waals surface area (Å²) in [4.78, 5) is 19.4. The van der Waals surface area contributed by atoms with Gasteiger partial charge in [0.05, 0.1) is 19.9 Å². The molecule has 0 N–H and O–H groups in total. The van der Waals surface area contributed by atoms with E-state index < -0.39 is 0 Å². The average molecular weight is 512 g/mol. The van der Waals surface area contributed by atoms with E-state index >= 15 is 0 Å². The Kier molecular flexibility index (Phi) is 9.67. The van der Waals surface area contributed by atoms with Crippen molar-refractivity contribution in [3.05, 3.63) is 65.2 Å². The number of benzene rings is 2. The lowest BCUT2D eigenvalue weighted by molar-refractivity contribution is -0.141. The molecule has 0 bridgehead atoms. The summed E-state index contributed by atoms with van der Waals surface area (Å²) in [6.45, 7) is 6.63. The Labute approximate surface area is 220 Å². The lowest BCUT2D eigenvalue weighted by Gasteiger charge is -2.47. The van der Waals surface area contributed by atoms with Gasteiger partial charge in [-0.1, -0.05) is 54.1 Å². The van der Waals surface area contributed by atoms with Crippen LogP contribution >= 0.6 is 11.6 Å². The molecular formula is C29H38ClN3O3. The van der Waals surface area contributed by atoms with Gasteiger partial charge in [0.15, 0.2) is 0 Å². The molecule has 2 saturated heterocycles. The van der Waals surface area contributed by atoms with Crippen LogP contribution in [0.4, 0.5) is 5.69 Å². The first-order valence-corrected chi connectivity index (χ1v) is 13.3. The molecule has 6 nitrogen and oxygen atoms in total. The van der Waals surface area contributed by atoms with Gasteiger partial charge in [-0.25, -0.2) is 0 Å². The zero-order valence-corrected chi connectivity index (χ0v) is 22.2. The number of ether oxygens (including phenoxy) is 2. The van der Waals surface area contributed by atoms with Gasteiger partial charge < -0.3 is 14.4 Å². The third-order valence-electron chi connectivity index (χ3n) is 7.43. The predicted octanol–water partition coefficient (Wildman–Crippen LogP) is 4.74. The van der Waals surface area contributed by atoms with Crippen LogP contribution in [0.5, 0.6) is 5.75 Å². The van der Waals surface area contributed by atoms with Crippen LogP contribution in [0.25, 0.3) is 6.08 Å². The van der Waals surface area contributed by atoms with Crippen LogP contribution in [-0.2, 0) is 9.53 Å². The molecule has 2 aliphatic rings. The lowest BCUT2D eigenvalue weighted by atomic mass is 9.86. The first-order valence-electron chi connectivity index (χ1n) is 12.9. The van der Waals surface area contributed by atoms with E-state index in [9.17, 15) is 4.79 Å². The Morgan fingerprint density at radius 1 is 1.00 bits per heavy atom. The third kappa shape index (κ3) is 7.02. The van der Waals surface area contributed by atoms with E-state index in [1.807, 2.05) is 36.4 Å². The van der Waals surface area contributed by atoms with Crippen molar-refractivity contribution < 1.29 is 14.3 Å². The fourth-order valence-electron chi connectivity index (χ4n) is 5.58. The highest BCUT2D eigenvalue weighted by molar-refractivity contribution is 6.31. The number of piperazine rings is 1. The highest BCUT2D eigenvalue weighted by Gasteiger charge is 2.35. The molecule has 0 aliphatic carbocycles. The van der Waals surface area contributed by atoms with Gasteiger partial charge in [-0.15, -0.1) is 0 Å². The van der Waals surface area contributed by atoms with Crippen LogP contribution < -0.4 is 9.64 Å². The molecule has 2 aromatic rings. The number of rotatable bonds is 9. The van der Waals surface area contributed by atoms with Crippen molar-refractivity contribution in [2.75, 3.05) is 64.9 Å². The minimum atomic E-state index is -0.131. The van der Waals surface area contributed by atoms with Crippen LogP contribution in [0.1, 0.15) is 24.8 Å². The molecule has 2 aromatic carbocycles. The number of nitrogens with zero attached hydrogens (tertiary/aromatic N) is 3. The SMILES string of the molecule is COC(=O)CC[C@H]1CN(C/C(Cl)=C/c2ccccc2)CC[C@H]1N1CCN(c2ccccc2OC)CC1. The fraction of sp³-hybridized carbons (Fsp3) is 0.483. The third-order valence-corrected chi connectivity index (χ3v) is 7.66. The molecule has 0 saturated carbocycles. The maximum Gasteiger partial charge on any atom is 0.305 e. The Morgan fingerprint density at radius 3 is 2.44 bits per heavy atom. The number of halogens is 1. The molecule has 2 aliphatic heterocycles. The number of hydrogen-bond donors (Lipinski definition) is 0. The topological polar surface area (TPSA) is 45.2 Å². The minimum Gasteiger partial charge on any atom is -0.495 e. The van der Waals surface area contributed by atoms with E-state index in [4.69, 9.17) is 21.1 Å². The van der Waals surface area contributed by atoms with Crippen molar-refractivity contribution in [1.82, 2.24) is 9.80 Å². The summed E-state index contributed by atoms with van der Waals surface area (Å²) < 4.78 is 10.5. The number of carbonyl (C=O) groups is 1. The second kappa shape index (κ2) is 13.1. The van der Waals surface area contributed by atoms with Gasteiger partial charge in [0.25, 0.3) is 0 Å². The largest absolute Gasteiger partial charge is 0.495 e. The first kappa shape index (κ1) is 26.5. The summed E-state index contributed by atoms with van der Waals surface area (Å²) in [5.41, 5.74) is 2.28. The van der Waals surface area contributed by atoms with Gasteiger partial charge in [0, 0.05) is 63.3 Å². The normalized spacial score (nSPS) is 21.9. The summed E-state index contributed by atoms with van der Waals surface area (Å²) in [6.07, 6.45) is 4.42. The van der Waals surface area contributed by atoms with E-state index in [1.165, 1.54) is 7.11 Å². The van der Waals surface area contributed by atoms with Crippen molar-refractivity contribution in [1.29, 1.82) is 0 Å². The molecular weight excluding hydrogens is 474 g/mol. The summed E-state index contributed by atoms with van der Waals surface area (Å²) in [7, 11) is 3.20. The van der Waals surface area contributed by atoms with Gasteiger partial charge in [0.2, 0.25) is 0 Å². The number of carbonyl (C=O) groups excluding carboxylic acids is 1. The molecule has 2 heterocycles. The molecule has 36 heavy (non-hydrogen) atoms. The number of hydrogen-bond acceptors (Lipinski definition) is 6. The number of esters is 1. The fourth-order valence-corrected chi connectivity index (χ4v) is 5.88. The molecule has 0 spiro atoms. The minimum absolute atomic E-state index is 0.131. The van der Waals surface area contributed by atoms with Gasteiger partial charge >= 0.3 is 5.97 Å². The van der Waals surface area contributed by atoms with Gasteiger partial charge in [-0.2, -0.15) is 0 Å². The maximum atomic E-state index is 12.0. The van der Waals surface area contributed by atoms with Crippen molar-refractivity contribution in [3.8, 4) is 5.75 Å². The standard InChI is InChI=1S/C29H38ClN3O3/c1-35-28-11-7-6-10-27(28)33-18-16-32(17-19-33)26-14-15-31(21-24(26)12-13-29(34)36-2)22-25(30)20-23-8-4-3-5-9-23/h3-11,20,24,26H,12-19,21-22H2,1-2H3/b25-20-/t24-,26+/m0/s1. The Hall–Kier alpha value is -2.54. The molecule has 2 fully saturated rings. The van der Waals surface area contributed by atoms with E-state index in [1.54, 1.807) is 7.11 Å². The van der Waals surface area contributed by atoms with E-state index in [0.717, 1.165) is 80.7 Å². The van der Waals surface area contributed by atoms with Crippen LogP contribution in [-0.4, -0.2) is 81.8 Å². The Morgan fingerprint density at radius 2 is 1.72 bits per heavy atom. The molecule has 194 valence electrons. The summed E-state index contributed by atoms with van der Waals surface area (Å²) in [5.74, 6) is 1.20. The zero-order chi connectivity index (χ0) is 25.3. The molecule has 4 rings (SSSR count). The van der Waals surface area contributed by atoms with Crippen LogP contribution in [0.2, 0.25) is 0 Å². The molecule has 0 amide bonds. The molecule has 2 atom stereocenters. The number of methoxy groups -OCH3 is 2. The number of likely N-dealkylation sites (tertiary alicyclic amines) is 1. The van der Waals surface area contributed by atoms with Crippen molar-refractivity contribution in [2.24, 2.45) is 5.92 Å². The summed E-state index contributed by atoms with van der Waals surface area (Å²) in [5, 5.41) is 0.844. The molecule has 7 heteroatoms. The number of anilines is 1. The average Bonchev–Trinajstić information content (AvgIpc) is 2.92. The van der Waals surface area contributed by atoms with Crippen molar-refractivity contribution in [3.63, 3.8) is 0 Å². The van der Waals surface area contributed by atoms with E-state index in [-0.39, 0.29) is 5.97 Å². The van der Waals surface area contributed by atoms with E-state index in [0.29, 0.717) is 18.4 Å². The Bertz CT molecular complexity index is 1010.